The van der Waals surface area contributed by atoms with Crippen molar-refractivity contribution >= 4 is 28.8 Å². The van der Waals surface area contributed by atoms with Gasteiger partial charge in [0.1, 0.15) is 5.65 Å². The summed E-state index contributed by atoms with van der Waals surface area (Å²) in [5.74, 6) is 0.390. The van der Waals surface area contributed by atoms with E-state index in [2.05, 4.69) is 32.2 Å². The van der Waals surface area contributed by atoms with Crippen LogP contribution < -0.4 is 10.9 Å². The number of anilines is 2. The zero-order valence-electron chi connectivity index (χ0n) is 17.6. The van der Waals surface area contributed by atoms with Crippen molar-refractivity contribution in [2.24, 2.45) is 7.05 Å². The smallest absolute Gasteiger partial charge is 0.407 e. The van der Waals surface area contributed by atoms with Crippen LogP contribution in [0.15, 0.2) is 35.5 Å². The molecule has 0 bridgehead atoms. The molecule has 3 aromatic rings. The van der Waals surface area contributed by atoms with E-state index in [1.807, 2.05) is 13.2 Å². The summed E-state index contributed by atoms with van der Waals surface area (Å²) in [6, 6.07) is 3.38. The lowest BCUT2D eigenvalue weighted by molar-refractivity contribution is 0.0650. The molecule has 164 valence electrons. The van der Waals surface area contributed by atoms with E-state index in [1.54, 1.807) is 27.7 Å². The van der Waals surface area contributed by atoms with Gasteiger partial charge >= 0.3 is 6.09 Å². The second-order valence-corrected chi connectivity index (χ2v) is 7.65. The van der Waals surface area contributed by atoms with Crippen LogP contribution in [-0.2, 0) is 13.6 Å². The molecule has 4 rings (SSSR count). The first-order valence-electron chi connectivity index (χ1n) is 10.3. The van der Waals surface area contributed by atoms with Crippen LogP contribution in [0.5, 0.6) is 0 Å². The van der Waals surface area contributed by atoms with Crippen LogP contribution in [0, 0.1) is 0 Å². The van der Waals surface area contributed by atoms with Gasteiger partial charge in [-0.25, -0.2) is 9.78 Å². The van der Waals surface area contributed by atoms with Gasteiger partial charge in [-0.3, -0.25) is 18.9 Å². The molecule has 0 aromatic carbocycles. The Morgan fingerprint density at radius 3 is 2.81 bits per heavy atom. The van der Waals surface area contributed by atoms with Crippen molar-refractivity contribution in [1.29, 1.82) is 0 Å². The first-order valence-corrected chi connectivity index (χ1v) is 10.3. The largest absolute Gasteiger partial charge is 0.465 e. The van der Waals surface area contributed by atoms with Gasteiger partial charge in [0, 0.05) is 69.7 Å². The molecule has 1 unspecified atom stereocenters. The van der Waals surface area contributed by atoms with Crippen LogP contribution in [0.2, 0.25) is 0 Å². The first-order chi connectivity index (χ1) is 14.9. The monoisotopic (exact) mass is 426 g/mol. The molecule has 1 aliphatic heterocycles. The summed E-state index contributed by atoms with van der Waals surface area (Å²) in [5.41, 5.74) is 1.19. The van der Waals surface area contributed by atoms with Gasteiger partial charge in [0.2, 0.25) is 5.95 Å². The lowest BCUT2D eigenvalue weighted by Gasteiger charge is -2.40. The number of piperazine rings is 1. The number of aryl methyl sites for hydroxylation is 1. The van der Waals surface area contributed by atoms with Gasteiger partial charge in [-0.1, -0.05) is 6.92 Å². The highest BCUT2D eigenvalue weighted by Crippen LogP contribution is 2.16. The van der Waals surface area contributed by atoms with E-state index in [4.69, 9.17) is 0 Å². The molecule has 0 saturated carbocycles. The van der Waals surface area contributed by atoms with Crippen LogP contribution in [-0.4, -0.2) is 77.5 Å². The maximum atomic E-state index is 12.6. The van der Waals surface area contributed by atoms with Crippen LogP contribution in [0.3, 0.4) is 0 Å². The number of carbonyl (C=O) groups is 1. The molecule has 31 heavy (non-hydrogen) atoms. The molecule has 1 aliphatic rings. The summed E-state index contributed by atoms with van der Waals surface area (Å²) in [6.45, 7) is 4.75. The number of rotatable bonds is 6. The molecule has 0 aliphatic carbocycles. The predicted octanol–water partition coefficient (Wildman–Crippen LogP) is 1.34. The highest BCUT2D eigenvalue weighted by atomic mass is 16.4. The number of pyridine rings is 1. The number of hydrogen-bond donors (Lipinski definition) is 2. The van der Waals surface area contributed by atoms with E-state index < -0.39 is 6.09 Å². The Morgan fingerprint density at radius 2 is 2.10 bits per heavy atom. The standard InChI is InChI=1S/C20H26N8O3/c1-3-16-13-27(20(30)31)7-6-26(16)8-9-28-17(29)5-4-14-10-21-19(24-18(14)28)23-15-11-22-25(2)12-15/h4-5,10-12,16H,3,6-9,13H2,1-2H3,(H,30,31)(H,21,23,24). The van der Waals surface area contributed by atoms with Crippen LogP contribution in [0.4, 0.5) is 16.4 Å². The molecule has 4 heterocycles. The van der Waals surface area contributed by atoms with Crippen LogP contribution in [0.1, 0.15) is 13.3 Å². The van der Waals surface area contributed by atoms with E-state index >= 15 is 0 Å². The van der Waals surface area contributed by atoms with E-state index in [9.17, 15) is 14.7 Å². The Bertz CT molecular complexity index is 1140. The molecule has 2 N–H and O–H groups in total. The topological polar surface area (TPSA) is 121 Å². The van der Waals surface area contributed by atoms with Gasteiger partial charge in [-0.15, -0.1) is 0 Å². The van der Waals surface area contributed by atoms with E-state index in [0.717, 1.165) is 17.5 Å². The molecular formula is C20H26N8O3. The average molecular weight is 426 g/mol. The number of fused-ring (bicyclic) bond motifs is 1. The van der Waals surface area contributed by atoms with E-state index in [0.29, 0.717) is 44.3 Å². The summed E-state index contributed by atoms with van der Waals surface area (Å²) >= 11 is 0. The number of amides is 1. The molecule has 1 fully saturated rings. The Kier molecular flexibility index (Phi) is 5.85. The summed E-state index contributed by atoms with van der Waals surface area (Å²) in [5, 5.41) is 17.3. The van der Waals surface area contributed by atoms with Crippen LogP contribution in [0.25, 0.3) is 11.0 Å². The average Bonchev–Trinajstić information content (AvgIpc) is 3.17. The van der Waals surface area contributed by atoms with Gasteiger partial charge in [0.15, 0.2) is 0 Å². The molecule has 3 aromatic heterocycles. The second kappa shape index (κ2) is 8.72. The number of aromatic nitrogens is 5. The lowest BCUT2D eigenvalue weighted by Crippen LogP contribution is -2.55. The minimum atomic E-state index is -0.881. The molecular weight excluding hydrogens is 400 g/mol. The lowest BCUT2D eigenvalue weighted by atomic mass is 10.1. The highest BCUT2D eigenvalue weighted by molar-refractivity contribution is 5.75. The SMILES string of the molecule is CCC1CN(C(=O)O)CCN1CCn1c(=O)ccc2cnc(Nc3cnn(C)c3)nc21. The van der Waals surface area contributed by atoms with Crippen molar-refractivity contribution in [2.75, 3.05) is 31.5 Å². The molecule has 0 radical (unpaired) electrons. The van der Waals surface area contributed by atoms with Gasteiger partial charge in [-0.05, 0) is 12.5 Å². The molecule has 1 saturated heterocycles. The number of carboxylic acid groups (broad SMARTS) is 1. The Morgan fingerprint density at radius 1 is 1.26 bits per heavy atom. The zero-order chi connectivity index (χ0) is 22.0. The minimum Gasteiger partial charge on any atom is -0.465 e. The second-order valence-electron chi connectivity index (χ2n) is 7.65. The molecule has 11 nitrogen and oxygen atoms in total. The molecule has 0 spiro atoms. The van der Waals surface area contributed by atoms with Gasteiger partial charge < -0.3 is 15.3 Å². The predicted molar refractivity (Wildman–Crippen MR) is 116 cm³/mol. The van der Waals surface area contributed by atoms with Crippen molar-refractivity contribution < 1.29 is 9.90 Å². The number of nitrogens with one attached hydrogen (secondary N) is 1. The normalized spacial score (nSPS) is 17.2. The van der Waals surface area contributed by atoms with Gasteiger partial charge in [-0.2, -0.15) is 10.1 Å². The third-order valence-electron chi connectivity index (χ3n) is 5.64. The fraction of sp³-hybridized carbons (Fsp3) is 0.450. The van der Waals surface area contributed by atoms with Crippen molar-refractivity contribution in [3.8, 4) is 0 Å². The number of hydrogen-bond acceptors (Lipinski definition) is 7. The summed E-state index contributed by atoms with van der Waals surface area (Å²) in [6.07, 6.45) is 5.14. The molecule has 1 atom stereocenters. The first kappa shape index (κ1) is 20.8. The van der Waals surface area contributed by atoms with Gasteiger partial charge in [0.05, 0.1) is 11.9 Å². The molecule has 1 amide bonds. The third-order valence-corrected chi connectivity index (χ3v) is 5.64. The maximum Gasteiger partial charge on any atom is 0.407 e. The fourth-order valence-electron chi connectivity index (χ4n) is 3.94. The number of nitrogens with zero attached hydrogens (tertiary/aromatic N) is 7. The quantitative estimate of drug-likeness (QED) is 0.606. The van der Waals surface area contributed by atoms with E-state index in [1.165, 1.54) is 11.0 Å². The Balaban J connectivity index is 1.55. The van der Waals surface area contributed by atoms with Crippen LogP contribution >= 0.6 is 0 Å². The molecule has 11 heteroatoms. The maximum absolute atomic E-state index is 12.6. The summed E-state index contributed by atoms with van der Waals surface area (Å²) in [4.78, 5) is 36.6. The zero-order valence-corrected chi connectivity index (χ0v) is 17.6. The van der Waals surface area contributed by atoms with Gasteiger partial charge in [0.25, 0.3) is 5.56 Å². The van der Waals surface area contributed by atoms with Crippen molar-refractivity contribution in [3.63, 3.8) is 0 Å². The highest BCUT2D eigenvalue weighted by Gasteiger charge is 2.28. The Labute approximate surface area is 178 Å². The summed E-state index contributed by atoms with van der Waals surface area (Å²) < 4.78 is 3.33. The summed E-state index contributed by atoms with van der Waals surface area (Å²) in [7, 11) is 1.82. The fourth-order valence-corrected chi connectivity index (χ4v) is 3.94. The Hall–Kier alpha value is -3.47. The van der Waals surface area contributed by atoms with E-state index in [-0.39, 0.29) is 11.6 Å². The minimum absolute atomic E-state index is 0.129. The third kappa shape index (κ3) is 4.50. The van der Waals surface area contributed by atoms with Crippen molar-refractivity contribution in [2.45, 2.75) is 25.9 Å². The van der Waals surface area contributed by atoms with Crippen molar-refractivity contribution in [1.82, 2.24) is 34.1 Å². The van der Waals surface area contributed by atoms with Crippen molar-refractivity contribution in [3.05, 3.63) is 41.1 Å².